The molecule has 0 saturated heterocycles. The van der Waals surface area contributed by atoms with Crippen molar-refractivity contribution in [3.8, 4) is 0 Å². The summed E-state index contributed by atoms with van der Waals surface area (Å²) in [6.07, 6.45) is 2.46. The SMILES string of the molecule is C=C[C@H]1C[C@@H]1C(=O)C(=O)OCC. The fourth-order valence-electron chi connectivity index (χ4n) is 1.13. The molecule has 1 fully saturated rings. The summed E-state index contributed by atoms with van der Waals surface area (Å²) in [5.41, 5.74) is 0. The molecule has 0 aromatic heterocycles. The number of hydrogen-bond acceptors (Lipinski definition) is 3. The summed E-state index contributed by atoms with van der Waals surface area (Å²) in [5.74, 6) is -1.06. The number of ether oxygens (including phenoxy) is 1. The molecule has 66 valence electrons. The predicted octanol–water partition coefficient (Wildman–Crippen LogP) is 0.941. The highest BCUT2D eigenvalue weighted by Crippen LogP contribution is 2.40. The van der Waals surface area contributed by atoms with Gasteiger partial charge in [-0.05, 0) is 19.3 Å². The Morgan fingerprint density at radius 3 is 2.75 bits per heavy atom. The molecular formula is C9H12O3. The molecule has 2 atom stereocenters. The van der Waals surface area contributed by atoms with Gasteiger partial charge in [0, 0.05) is 5.92 Å². The highest BCUT2D eigenvalue weighted by molar-refractivity contribution is 6.35. The van der Waals surface area contributed by atoms with Crippen LogP contribution in [-0.4, -0.2) is 18.4 Å². The van der Waals surface area contributed by atoms with Crippen molar-refractivity contribution in [3.63, 3.8) is 0 Å². The first-order valence-electron chi connectivity index (χ1n) is 4.04. The highest BCUT2D eigenvalue weighted by Gasteiger charge is 2.44. The Bertz CT molecular complexity index is 220. The van der Waals surface area contributed by atoms with E-state index in [9.17, 15) is 9.59 Å². The van der Waals surface area contributed by atoms with E-state index in [1.165, 1.54) is 0 Å². The van der Waals surface area contributed by atoms with E-state index in [1.807, 2.05) is 0 Å². The van der Waals surface area contributed by atoms with E-state index in [1.54, 1.807) is 13.0 Å². The summed E-state index contributed by atoms with van der Waals surface area (Å²) < 4.78 is 4.58. The normalized spacial score (nSPS) is 26.1. The topological polar surface area (TPSA) is 43.4 Å². The van der Waals surface area contributed by atoms with Gasteiger partial charge in [-0.1, -0.05) is 6.08 Å². The van der Waals surface area contributed by atoms with Crippen LogP contribution >= 0.6 is 0 Å². The minimum absolute atomic E-state index is 0.151. The first-order chi connectivity index (χ1) is 5.70. The lowest BCUT2D eigenvalue weighted by Crippen LogP contribution is -2.19. The van der Waals surface area contributed by atoms with Crippen LogP contribution < -0.4 is 0 Å². The number of ketones is 1. The zero-order valence-corrected chi connectivity index (χ0v) is 7.08. The summed E-state index contributed by atoms with van der Waals surface area (Å²) in [5, 5.41) is 0. The van der Waals surface area contributed by atoms with Crippen LogP contribution in [0.4, 0.5) is 0 Å². The van der Waals surface area contributed by atoms with E-state index < -0.39 is 11.8 Å². The Kier molecular flexibility index (Phi) is 2.63. The van der Waals surface area contributed by atoms with E-state index in [0.29, 0.717) is 0 Å². The second-order valence-electron chi connectivity index (χ2n) is 2.83. The molecule has 0 heterocycles. The molecule has 3 nitrogen and oxygen atoms in total. The Morgan fingerprint density at radius 2 is 2.33 bits per heavy atom. The molecule has 0 N–H and O–H groups in total. The van der Waals surface area contributed by atoms with Crippen LogP contribution in [-0.2, 0) is 14.3 Å². The van der Waals surface area contributed by atoms with Gasteiger partial charge in [0.25, 0.3) is 0 Å². The van der Waals surface area contributed by atoms with Crippen LogP contribution in [0.2, 0.25) is 0 Å². The molecule has 0 aromatic carbocycles. The minimum Gasteiger partial charge on any atom is -0.460 e. The fourth-order valence-corrected chi connectivity index (χ4v) is 1.13. The maximum absolute atomic E-state index is 11.1. The van der Waals surface area contributed by atoms with E-state index in [2.05, 4.69) is 11.3 Å². The van der Waals surface area contributed by atoms with E-state index in [-0.39, 0.29) is 18.4 Å². The highest BCUT2D eigenvalue weighted by atomic mass is 16.5. The number of Topliss-reactive ketones (excluding diaryl/α,β-unsaturated/α-hetero) is 1. The van der Waals surface area contributed by atoms with Crippen molar-refractivity contribution in [1.82, 2.24) is 0 Å². The summed E-state index contributed by atoms with van der Waals surface area (Å²) >= 11 is 0. The van der Waals surface area contributed by atoms with Gasteiger partial charge in [-0.2, -0.15) is 0 Å². The van der Waals surface area contributed by atoms with Gasteiger partial charge >= 0.3 is 5.97 Å². The molecule has 1 aliphatic carbocycles. The maximum atomic E-state index is 11.1. The fraction of sp³-hybridized carbons (Fsp3) is 0.556. The third-order valence-corrected chi connectivity index (χ3v) is 1.96. The third-order valence-electron chi connectivity index (χ3n) is 1.96. The number of hydrogen-bond donors (Lipinski definition) is 0. The number of rotatable bonds is 4. The van der Waals surface area contributed by atoms with E-state index in [0.717, 1.165) is 6.42 Å². The molecule has 0 bridgehead atoms. The Labute approximate surface area is 71.4 Å². The molecule has 1 saturated carbocycles. The Morgan fingerprint density at radius 1 is 1.67 bits per heavy atom. The summed E-state index contributed by atoms with van der Waals surface area (Å²) in [6, 6.07) is 0. The number of carbonyl (C=O) groups is 2. The lowest BCUT2D eigenvalue weighted by atomic mass is 10.2. The number of allylic oxidation sites excluding steroid dienone is 1. The van der Waals surface area contributed by atoms with Gasteiger partial charge in [-0.3, -0.25) is 4.79 Å². The van der Waals surface area contributed by atoms with Crippen molar-refractivity contribution in [2.75, 3.05) is 6.61 Å². The van der Waals surface area contributed by atoms with Gasteiger partial charge < -0.3 is 4.74 Å². The van der Waals surface area contributed by atoms with Crippen LogP contribution in [0.5, 0.6) is 0 Å². The van der Waals surface area contributed by atoms with Gasteiger partial charge in [0.05, 0.1) is 6.61 Å². The maximum Gasteiger partial charge on any atom is 0.374 e. The van der Waals surface area contributed by atoms with Crippen molar-refractivity contribution in [2.45, 2.75) is 13.3 Å². The second-order valence-corrected chi connectivity index (χ2v) is 2.83. The third kappa shape index (κ3) is 1.72. The van der Waals surface area contributed by atoms with Crippen LogP contribution in [0.15, 0.2) is 12.7 Å². The zero-order valence-electron chi connectivity index (χ0n) is 7.08. The average molecular weight is 168 g/mol. The summed E-state index contributed by atoms with van der Waals surface area (Å²) in [6.45, 7) is 5.50. The van der Waals surface area contributed by atoms with Crippen molar-refractivity contribution in [2.24, 2.45) is 11.8 Å². The van der Waals surface area contributed by atoms with Crippen molar-refractivity contribution in [1.29, 1.82) is 0 Å². The average Bonchev–Trinajstić information content (AvgIpc) is 2.82. The van der Waals surface area contributed by atoms with Crippen LogP contribution in [0.25, 0.3) is 0 Å². The monoisotopic (exact) mass is 168 g/mol. The molecule has 12 heavy (non-hydrogen) atoms. The van der Waals surface area contributed by atoms with E-state index >= 15 is 0 Å². The molecule has 1 rings (SSSR count). The molecule has 3 heteroatoms. The van der Waals surface area contributed by atoms with Gasteiger partial charge in [0.2, 0.25) is 5.78 Å². The summed E-state index contributed by atoms with van der Waals surface area (Å²) in [4.78, 5) is 22.0. The first-order valence-corrected chi connectivity index (χ1v) is 4.04. The number of esters is 1. The molecule has 0 spiro atoms. The van der Waals surface area contributed by atoms with Gasteiger partial charge in [0.15, 0.2) is 0 Å². The number of carbonyl (C=O) groups excluding carboxylic acids is 2. The quantitative estimate of drug-likeness (QED) is 0.356. The molecule has 0 aliphatic heterocycles. The summed E-state index contributed by atoms with van der Waals surface area (Å²) in [7, 11) is 0. The van der Waals surface area contributed by atoms with Gasteiger partial charge in [0.1, 0.15) is 0 Å². The first kappa shape index (κ1) is 8.97. The van der Waals surface area contributed by atoms with Crippen molar-refractivity contribution < 1.29 is 14.3 Å². The van der Waals surface area contributed by atoms with Crippen LogP contribution in [0.1, 0.15) is 13.3 Å². The lowest BCUT2D eigenvalue weighted by Gasteiger charge is -1.97. The van der Waals surface area contributed by atoms with Crippen LogP contribution in [0, 0.1) is 11.8 Å². The zero-order chi connectivity index (χ0) is 9.14. The predicted molar refractivity (Wildman–Crippen MR) is 43.4 cm³/mol. The van der Waals surface area contributed by atoms with Crippen molar-refractivity contribution >= 4 is 11.8 Å². The molecular weight excluding hydrogens is 156 g/mol. The van der Waals surface area contributed by atoms with Crippen molar-refractivity contribution in [3.05, 3.63) is 12.7 Å². The second kappa shape index (κ2) is 3.52. The molecule has 0 unspecified atom stereocenters. The van der Waals surface area contributed by atoms with Gasteiger partial charge in [-0.25, -0.2) is 4.79 Å². The minimum atomic E-state index is -0.702. The smallest absolute Gasteiger partial charge is 0.374 e. The molecule has 0 aromatic rings. The van der Waals surface area contributed by atoms with Crippen LogP contribution in [0.3, 0.4) is 0 Å². The van der Waals surface area contributed by atoms with E-state index in [4.69, 9.17) is 0 Å². The molecule has 1 aliphatic rings. The largest absolute Gasteiger partial charge is 0.460 e. The standard InChI is InChI=1S/C9H12O3/c1-3-6-5-7(6)8(10)9(11)12-4-2/h3,6-7H,1,4-5H2,2H3/t6-,7-/m0/s1. The Hall–Kier alpha value is -1.12. The molecule has 0 radical (unpaired) electrons. The van der Waals surface area contributed by atoms with Gasteiger partial charge in [-0.15, -0.1) is 6.58 Å². The lowest BCUT2D eigenvalue weighted by molar-refractivity contribution is -0.154. The molecule has 0 amide bonds. The Balaban J connectivity index is 2.39.